The van der Waals surface area contributed by atoms with Crippen molar-refractivity contribution in [3.63, 3.8) is 0 Å². The van der Waals surface area contributed by atoms with Gasteiger partial charge in [0, 0.05) is 119 Å². The molecule has 0 aliphatic carbocycles. The molecule has 30 heteroatoms. The number of aliphatic carboxylic acids is 3. The van der Waals surface area contributed by atoms with Crippen LogP contribution in [0.25, 0.3) is 6.08 Å². The van der Waals surface area contributed by atoms with Gasteiger partial charge in [-0.05, 0) is 120 Å². The number of nitrogens with zero attached hydrogens (tertiary/aromatic N) is 9. The van der Waals surface area contributed by atoms with Crippen molar-refractivity contribution >= 4 is 121 Å². The Kier molecular flexibility index (Phi) is 26.7. The Morgan fingerprint density at radius 3 is 1.08 bits per heavy atom. The number of anilines is 6. The number of carboxylic acids is 3. The van der Waals surface area contributed by atoms with E-state index in [4.69, 9.17) is 50.1 Å². The zero-order valence-electron chi connectivity index (χ0n) is 55.6. The number of aromatic nitrogens is 6. The lowest BCUT2D eigenvalue weighted by Crippen LogP contribution is -2.18. The van der Waals surface area contributed by atoms with Gasteiger partial charge in [-0.2, -0.15) is 13.2 Å². The molecule has 9 aromatic rings. The molecule has 3 amide bonds. The Balaban J connectivity index is 0.000000213. The van der Waals surface area contributed by atoms with E-state index in [1.165, 1.54) is 35.9 Å². The number of aryl methyl sites for hydroxylation is 1. The van der Waals surface area contributed by atoms with Crippen molar-refractivity contribution < 1.29 is 65.7 Å². The molecule has 0 radical (unpaired) electrons. The molecule has 0 unspecified atom stereocenters. The van der Waals surface area contributed by atoms with Crippen LogP contribution in [0.5, 0.6) is 0 Å². The minimum atomic E-state index is -4.47. The number of nitrogens with one attached hydrogen (secondary N) is 3. The van der Waals surface area contributed by atoms with Gasteiger partial charge < -0.3 is 46.0 Å². The first-order valence-corrected chi connectivity index (χ1v) is 33.4. The molecule has 0 fully saturated rings. The average Bonchev–Trinajstić information content (AvgIpc) is 0.824. The van der Waals surface area contributed by atoms with Gasteiger partial charge in [0.2, 0.25) is 5.91 Å². The highest BCUT2D eigenvalue weighted by Gasteiger charge is 2.30. The van der Waals surface area contributed by atoms with Gasteiger partial charge in [0.15, 0.2) is 9.84 Å². The van der Waals surface area contributed by atoms with E-state index in [1.54, 1.807) is 124 Å². The van der Waals surface area contributed by atoms with Crippen molar-refractivity contribution in [3.8, 4) is 0 Å². The SMILES string of the molecule is CN(C)c1nc(Cc2ccc(NC(=O)c3ccc(C(F)(F)F)cc3)cc2)nc(Cl)c1CC(=O)O.CN(C)c1nc(Cc2ccc(NC(=O)c3ccc(S(C)(=O)=O)cc3)cc2)nc(Cl)c1CC(=O)O.Cc1ccc(/C=C/C(=O)Nc2ccc(Cc3nc(Cl)c(CC(=O)O)c(N(C)C)n3)cc2)cc1. The van der Waals surface area contributed by atoms with Gasteiger partial charge in [0.25, 0.3) is 11.8 Å². The number of carbonyl (C=O) groups excluding carboxylic acids is 3. The highest BCUT2D eigenvalue weighted by molar-refractivity contribution is 7.90. The maximum absolute atomic E-state index is 12.7. The summed E-state index contributed by atoms with van der Waals surface area (Å²) < 4.78 is 61.1. The lowest BCUT2D eigenvalue weighted by Gasteiger charge is -2.17. The van der Waals surface area contributed by atoms with E-state index >= 15 is 0 Å². The van der Waals surface area contributed by atoms with Gasteiger partial charge in [0.05, 0.1) is 29.7 Å². The summed E-state index contributed by atoms with van der Waals surface area (Å²) in [7, 11) is 7.17. The number of rotatable bonds is 23. The summed E-state index contributed by atoms with van der Waals surface area (Å²) in [5.41, 5.74) is 7.06. The van der Waals surface area contributed by atoms with E-state index in [0.717, 1.165) is 52.8 Å². The Bertz CT molecular complexity index is 4630. The molecule has 3 aromatic heterocycles. The van der Waals surface area contributed by atoms with Crippen LogP contribution in [-0.4, -0.2) is 138 Å². The molecule has 9 rings (SSSR count). The average molecular weight is 1460 g/mol. The topological polar surface area (TPSA) is 320 Å². The maximum atomic E-state index is 12.7. The number of halogens is 6. The molecule has 526 valence electrons. The molecular formula is C71H68Cl3F3N12O11S. The normalized spacial score (nSPS) is 11.1. The summed E-state index contributed by atoms with van der Waals surface area (Å²) in [6.45, 7) is 2.01. The van der Waals surface area contributed by atoms with Gasteiger partial charge in [-0.1, -0.05) is 101 Å². The number of benzene rings is 6. The van der Waals surface area contributed by atoms with Crippen LogP contribution >= 0.6 is 34.8 Å². The zero-order chi connectivity index (χ0) is 74.0. The maximum Gasteiger partial charge on any atom is 0.416 e. The van der Waals surface area contributed by atoms with Gasteiger partial charge >= 0.3 is 24.1 Å². The first-order chi connectivity index (χ1) is 47.6. The Labute approximate surface area is 594 Å². The minimum absolute atomic E-state index is 0.0662. The second-order valence-electron chi connectivity index (χ2n) is 23.2. The van der Waals surface area contributed by atoms with E-state index in [9.17, 15) is 50.4 Å². The molecule has 0 spiro atoms. The summed E-state index contributed by atoms with van der Waals surface area (Å²) in [4.78, 5) is 102. The quantitative estimate of drug-likeness (QED) is 0.0256. The smallest absolute Gasteiger partial charge is 0.416 e. The van der Waals surface area contributed by atoms with Crippen molar-refractivity contribution in [1.82, 2.24) is 29.9 Å². The number of carboxylic acid groups (broad SMARTS) is 3. The van der Waals surface area contributed by atoms with E-state index < -0.39 is 45.4 Å². The molecule has 6 N–H and O–H groups in total. The molecule has 0 saturated carbocycles. The van der Waals surface area contributed by atoms with Crippen LogP contribution < -0.4 is 30.7 Å². The molecule has 0 aliphatic heterocycles. The summed E-state index contributed by atoms with van der Waals surface area (Å²) >= 11 is 18.7. The molecule has 23 nitrogen and oxygen atoms in total. The standard InChI is InChI=1S/C25H25ClN4O3.C23H20ClF3N4O3.C23H23ClN4O5S/c1-16-4-6-17(7-5-16)10-13-22(31)27-19-11-8-18(9-12-19)14-21-28-24(26)20(15-23(32)33)25(29-21)30(2)3;1-31(2)21-17(12-19(32)33)20(24)29-18(30-21)11-13-3-9-16(10-4-13)28-22(34)14-5-7-15(8-6-14)23(25,26)27;1-28(2)22-18(13-20(29)30)21(24)26-19(27-22)12-14-4-8-16(9-5-14)25-23(31)15-6-10-17(11-7-15)34(3,32)33/h4-13H,14-15H2,1-3H3,(H,27,31)(H,32,33);3-10H,11-12H2,1-2H3,(H,28,34)(H,32,33);4-11H,12-13H2,1-3H3,(H,25,31)(H,29,30)/b13-10+;;. The van der Waals surface area contributed by atoms with Gasteiger partial charge in [-0.15, -0.1) is 0 Å². The second kappa shape index (κ2) is 34.8. The number of hydrogen-bond acceptors (Lipinski definition) is 17. The van der Waals surface area contributed by atoms with Crippen LogP contribution in [0.1, 0.15) is 88.3 Å². The third-order valence-corrected chi connectivity index (χ3v) is 16.5. The van der Waals surface area contributed by atoms with Crippen molar-refractivity contribution in [1.29, 1.82) is 0 Å². The molecule has 101 heavy (non-hydrogen) atoms. The summed E-state index contributed by atoms with van der Waals surface area (Å²) in [6.07, 6.45) is 0.135. The van der Waals surface area contributed by atoms with Crippen molar-refractivity contribution in [2.24, 2.45) is 0 Å². The summed E-state index contributed by atoms with van der Waals surface area (Å²) in [5.74, 6) is -1.54. The number of hydrogen-bond donors (Lipinski definition) is 6. The molecular weight excluding hydrogens is 1390 g/mol. The van der Waals surface area contributed by atoms with E-state index in [-0.39, 0.29) is 57.0 Å². The summed E-state index contributed by atoms with van der Waals surface area (Å²) in [6, 6.07) is 38.7. The van der Waals surface area contributed by atoms with Crippen molar-refractivity contribution in [2.75, 3.05) is 79.2 Å². The molecule has 6 aromatic carbocycles. The van der Waals surface area contributed by atoms with Gasteiger partial charge in [-0.3, -0.25) is 28.8 Å². The monoisotopic (exact) mass is 1460 g/mol. The first-order valence-electron chi connectivity index (χ1n) is 30.3. The van der Waals surface area contributed by atoms with Gasteiger partial charge in [0.1, 0.15) is 50.4 Å². The molecule has 0 saturated heterocycles. The molecule has 3 heterocycles. The molecule has 0 bridgehead atoms. The minimum Gasteiger partial charge on any atom is -0.481 e. The lowest BCUT2D eigenvalue weighted by molar-refractivity contribution is -0.138. The largest absolute Gasteiger partial charge is 0.481 e. The fourth-order valence-corrected chi connectivity index (χ4v) is 10.9. The number of amides is 3. The van der Waals surface area contributed by atoms with E-state index in [1.807, 2.05) is 43.3 Å². The number of alkyl halides is 3. The zero-order valence-corrected chi connectivity index (χ0v) is 58.6. The van der Waals surface area contributed by atoms with E-state index in [0.29, 0.717) is 93.5 Å². The predicted octanol–water partition coefficient (Wildman–Crippen LogP) is 12.1. The third-order valence-electron chi connectivity index (χ3n) is 14.5. The second-order valence-corrected chi connectivity index (χ2v) is 26.3. The van der Waals surface area contributed by atoms with Crippen LogP contribution in [0.2, 0.25) is 15.5 Å². The fraction of sp³-hybridized carbons (Fsp3) is 0.211. The van der Waals surface area contributed by atoms with Crippen LogP contribution in [0, 0.1) is 6.92 Å². The predicted molar refractivity (Wildman–Crippen MR) is 382 cm³/mol. The Hall–Kier alpha value is -10.9. The summed E-state index contributed by atoms with van der Waals surface area (Å²) in [5, 5.41) is 35.9. The van der Waals surface area contributed by atoms with Crippen LogP contribution in [0.4, 0.5) is 47.7 Å². The highest BCUT2D eigenvalue weighted by atomic mass is 35.5. The van der Waals surface area contributed by atoms with Crippen LogP contribution in [0.15, 0.2) is 157 Å². The fourth-order valence-electron chi connectivity index (χ4n) is 9.49. The van der Waals surface area contributed by atoms with E-state index in [2.05, 4.69) is 45.9 Å². The Morgan fingerprint density at radius 1 is 0.465 bits per heavy atom. The lowest BCUT2D eigenvalue weighted by atomic mass is 10.1. The van der Waals surface area contributed by atoms with Crippen LogP contribution in [0.3, 0.4) is 0 Å². The Morgan fingerprint density at radius 2 is 0.782 bits per heavy atom. The molecule has 0 aliphatic rings. The molecule has 0 atom stereocenters. The van der Waals surface area contributed by atoms with Crippen molar-refractivity contribution in [3.05, 3.63) is 246 Å². The van der Waals surface area contributed by atoms with Gasteiger partial charge in [-0.25, -0.2) is 38.3 Å². The van der Waals surface area contributed by atoms with Crippen LogP contribution in [-0.2, 0) is 73.7 Å². The number of sulfone groups is 1. The number of carbonyl (C=O) groups is 6. The first kappa shape index (κ1) is 77.5. The van der Waals surface area contributed by atoms with Crippen molar-refractivity contribution in [2.45, 2.75) is 56.5 Å². The highest BCUT2D eigenvalue weighted by Crippen LogP contribution is 2.31. The third kappa shape index (κ3) is 23.4.